The zero-order valence-electron chi connectivity index (χ0n) is 14.7. The number of H-pyrrole nitrogens is 1. The first kappa shape index (κ1) is 18.2. The minimum atomic E-state index is -1.25. The standard InChI is InChI=1S/C20H19N3O4/c1-2-21-20(26)23-18(24)17(13-8-4-3-5-9-13)27-19(25)15-12-22-16-11-7-6-10-14(15)16/h3-12,17,22H,2H2,1H3,(H2,21,23,24,26)/t17-/m0/s1. The molecule has 3 amide bonds. The number of carbonyl (C=O) groups is 3. The predicted molar refractivity (Wildman–Crippen MR) is 100 cm³/mol. The fourth-order valence-electron chi connectivity index (χ4n) is 2.69. The van der Waals surface area contributed by atoms with E-state index < -0.39 is 24.0 Å². The highest BCUT2D eigenvalue weighted by Crippen LogP contribution is 2.23. The maximum absolute atomic E-state index is 12.7. The lowest BCUT2D eigenvalue weighted by atomic mass is 10.1. The minimum Gasteiger partial charge on any atom is -0.444 e. The van der Waals surface area contributed by atoms with Crippen molar-refractivity contribution in [2.75, 3.05) is 6.54 Å². The average molecular weight is 365 g/mol. The van der Waals surface area contributed by atoms with Crippen molar-refractivity contribution >= 4 is 28.8 Å². The number of amides is 3. The summed E-state index contributed by atoms with van der Waals surface area (Å²) in [7, 11) is 0. The first-order valence-electron chi connectivity index (χ1n) is 8.51. The molecule has 3 rings (SSSR count). The van der Waals surface area contributed by atoms with Crippen LogP contribution in [0.1, 0.15) is 28.9 Å². The van der Waals surface area contributed by atoms with Crippen LogP contribution < -0.4 is 10.6 Å². The summed E-state index contributed by atoms with van der Waals surface area (Å²) in [6.07, 6.45) is 0.284. The Kier molecular flexibility index (Phi) is 5.51. The number of ether oxygens (including phenoxy) is 1. The summed E-state index contributed by atoms with van der Waals surface area (Å²) in [5, 5.41) is 5.36. The van der Waals surface area contributed by atoms with Gasteiger partial charge in [0.15, 0.2) is 0 Å². The number of esters is 1. The monoisotopic (exact) mass is 365 g/mol. The molecule has 7 heteroatoms. The van der Waals surface area contributed by atoms with Crippen molar-refractivity contribution in [3.63, 3.8) is 0 Å². The number of aromatic amines is 1. The van der Waals surface area contributed by atoms with Gasteiger partial charge >= 0.3 is 12.0 Å². The number of fused-ring (bicyclic) bond motifs is 1. The fourth-order valence-corrected chi connectivity index (χ4v) is 2.69. The molecular weight excluding hydrogens is 346 g/mol. The van der Waals surface area contributed by atoms with Crippen LogP contribution in [0.25, 0.3) is 10.9 Å². The smallest absolute Gasteiger partial charge is 0.341 e. The van der Waals surface area contributed by atoms with Crippen LogP contribution in [0.2, 0.25) is 0 Å². The van der Waals surface area contributed by atoms with Crippen molar-refractivity contribution in [2.45, 2.75) is 13.0 Å². The van der Waals surface area contributed by atoms with Crippen molar-refractivity contribution in [2.24, 2.45) is 0 Å². The molecule has 27 heavy (non-hydrogen) atoms. The van der Waals surface area contributed by atoms with E-state index in [2.05, 4.69) is 15.6 Å². The summed E-state index contributed by atoms with van der Waals surface area (Å²) in [5.74, 6) is -1.38. The number of nitrogens with one attached hydrogen (secondary N) is 3. The van der Waals surface area contributed by atoms with E-state index in [0.717, 1.165) is 5.52 Å². The number of carbonyl (C=O) groups excluding carboxylic acids is 3. The molecule has 1 atom stereocenters. The molecule has 3 N–H and O–H groups in total. The number of benzene rings is 2. The third kappa shape index (κ3) is 4.14. The van der Waals surface area contributed by atoms with Gasteiger partial charge in [-0.3, -0.25) is 10.1 Å². The summed E-state index contributed by atoms with van der Waals surface area (Å²) >= 11 is 0. The van der Waals surface area contributed by atoms with Crippen LogP contribution in [0.5, 0.6) is 0 Å². The number of hydrogen-bond acceptors (Lipinski definition) is 4. The van der Waals surface area contributed by atoms with E-state index in [0.29, 0.717) is 23.1 Å². The van der Waals surface area contributed by atoms with Crippen LogP contribution in [-0.2, 0) is 9.53 Å². The van der Waals surface area contributed by atoms with Crippen LogP contribution in [0.3, 0.4) is 0 Å². The quantitative estimate of drug-likeness (QED) is 0.605. The number of aromatic nitrogens is 1. The molecule has 0 fully saturated rings. The number of para-hydroxylation sites is 1. The Hall–Kier alpha value is -3.61. The molecule has 1 aromatic heterocycles. The number of hydrogen-bond donors (Lipinski definition) is 3. The van der Waals surface area contributed by atoms with E-state index in [1.807, 2.05) is 18.2 Å². The van der Waals surface area contributed by atoms with Gasteiger partial charge in [0.05, 0.1) is 5.56 Å². The Morgan fingerprint density at radius 2 is 1.74 bits per heavy atom. The average Bonchev–Trinajstić information content (AvgIpc) is 3.11. The molecule has 0 radical (unpaired) electrons. The molecule has 0 aliphatic heterocycles. The molecule has 0 unspecified atom stereocenters. The largest absolute Gasteiger partial charge is 0.444 e. The van der Waals surface area contributed by atoms with E-state index in [1.54, 1.807) is 43.3 Å². The lowest BCUT2D eigenvalue weighted by Gasteiger charge is -2.17. The van der Waals surface area contributed by atoms with Crippen LogP contribution in [0.4, 0.5) is 4.79 Å². The summed E-state index contributed by atoms with van der Waals surface area (Å²) in [5.41, 5.74) is 1.57. The summed E-state index contributed by atoms with van der Waals surface area (Å²) in [6, 6.07) is 15.2. The molecular formula is C20H19N3O4. The maximum atomic E-state index is 12.7. The highest BCUT2D eigenvalue weighted by molar-refractivity contribution is 6.05. The first-order valence-corrected chi connectivity index (χ1v) is 8.51. The van der Waals surface area contributed by atoms with Gasteiger partial charge in [-0.1, -0.05) is 48.5 Å². The summed E-state index contributed by atoms with van der Waals surface area (Å²) in [6.45, 7) is 2.10. The lowest BCUT2D eigenvalue weighted by molar-refractivity contribution is -0.129. The second kappa shape index (κ2) is 8.18. The topological polar surface area (TPSA) is 100 Å². The van der Waals surface area contributed by atoms with Gasteiger partial charge in [-0.05, 0) is 13.0 Å². The normalized spacial score (nSPS) is 11.6. The fraction of sp³-hybridized carbons (Fsp3) is 0.150. The van der Waals surface area contributed by atoms with Crippen molar-refractivity contribution in [3.8, 4) is 0 Å². The Bertz CT molecular complexity index is 966. The van der Waals surface area contributed by atoms with Crippen molar-refractivity contribution in [1.82, 2.24) is 15.6 Å². The molecule has 3 aromatic rings. The van der Waals surface area contributed by atoms with E-state index >= 15 is 0 Å². The Balaban J connectivity index is 1.86. The maximum Gasteiger partial charge on any atom is 0.341 e. The van der Waals surface area contributed by atoms with Gasteiger partial charge in [-0.2, -0.15) is 0 Å². The van der Waals surface area contributed by atoms with Crippen molar-refractivity contribution in [3.05, 3.63) is 71.9 Å². The second-order valence-electron chi connectivity index (χ2n) is 5.79. The molecule has 0 bridgehead atoms. The van der Waals surface area contributed by atoms with Gasteiger partial charge in [0.1, 0.15) is 0 Å². The number of rotatable bonds is 5. The van der Waals surface area contributed by atoms with Crippen molar-refractivity contribution in [1.29, 1.82) is 0 Å². The van der Waals surface area contributed by atoms with Gasteiger partial charge in [0.2, 0.25) is 6.10 Å². The molecule has 0 saturated heterocycles. The summed E-state index contributed by atoms with van der Waals surface area (Å²) < 4.78 is 5.48. The van der Waals surface area contributed by atoms with Gasteiger partial charge in [-0.15, -0.1) is 0 Å². The van der Waals surface area contributed by atoms with Crippen molar-refractivity contribution < 1.29 is 19.1 Å². The molecule has 138 valence electrons. The van der Waals surface area contributed by atoms with E-state index in [-0.39, 0.29) is 0 Å². The summed E-state index contributed by atoms with van der Waals surface area (Å²) in [4.78, 5) is 39.9. The molecule has 0 aliphatic rings. The first-order chi connectivity index (χ1) is 13.1. The van der Waals surface area contributed by atoms with Crippen LogP contribution in [0, 0.1) is 0 Å². The Morgan fingerprint density at radius 1 is 1.04 bits per heavy atom. The number of urea groups is 1. The number of imide groups is 1. The van der Waals surface area contributed by atoms with E-state index in [4.69, 9.17) is 4.74 Å². The van der Waals surface area contributed by atoms with Crippen LogP contribution in [0.15, 0.2) is 60.8 Å². The van der Waals surface area contributed by atoms with Gasteiger partial charge in [0.25, 0.3) is 5.91 Å². The Morgan fingerprint density at radius 3 is 2.48 bits per heavy atom. The molecule has 0 aliphatic carbocycles. The zero-order valence-corrected chi connectivity index (χ0v) is 14.7. The molecule has 2 aromatic carbocycles. The van der Waals surface area contributed by atoms with Gasteiger partial charge in [0, 0.05) is 29.2 Å². The van der Waals surface area contributed by atoms with Crippen LogP contribution in [-0.4, -0.2) is 29.4 Å². The molecule has 0 spiro atoms. The minimum absolute atomic E-state index is 0.317. The predicted octanol–water partition coefficient (Wildman–Crippen LogP) is 2.91. The lowest BCUT2D eigenvalue weighted by Crippen LogP contribution is -2.42. The van der Waals surface area contributed by atoms with Gasteiger partial charge < -0.3 is 15.0 Å². The molecule has 1 heterocycles. The highest BCUT2D eigenvalue weighted by atomic mass is 16.5. The highest BCUT2D eigenvalue weighted by Gasteiger charge is 2.27. The zero-order chi connectivity index (χ0) is 19.2. The van der Waals surface area contributed by atoms with E-state index in [9.17, 15) is 14.4 Å². The molecule has 7 nitrogen and oxygen atoms in total. The second-order valence-corrected chi connectivity index (χ2v) is 5.79. The SMILES string of the molecule is CCNC(=O)NC(=O)[C@@H](OC(=O)c1c[nH]c2ccccc12)c1ccccc1. The Labute approximate surface area is 155 Å². The third-order valence-corrected chi connectivity index (χ3v) is 3.95. The third-order valence-electron chi connectivity index (χ3n) is 3.95. The molecule has 0 saturated carbocycles. The van der Waals surface area contributed by atoms with E-state index in [1.165, 1.54) is 6.20 Å². The van der Waals surface area contributed by atoms with Gasteiger partial charge in [-0.25, -0.2) is 9.59 Å². The van der Waals surface area contributed by atoms with Crippen LogP contribution >= 0.6 is 0 Å².